The third kappa shape index (κ3) is 4.11. The number of halogens is 1. The molecule has 1 aromatic carbocycles. The molecule has 1 atom stereocenters. The quantitative estimate of drug-likeness (QED) is 0.830. The predicted molar refractivity (Wildman–Crippen MR) is 80.5 cm³/mol. The molecule has 0 aliphatic rings. The van der Waals surface area contributed by atoms with Crippen molar-refractivity contribution >= 4 is 21.8 Å². The Morgan fingerprint density at radius 1 is 1.35 bits per heavy atom. The lowest BCUT2D eigenvalue weighted by Gasteiger charge is -2.21. The number of hydrogen-bond acceptors (Lipinski definition) is 4. The Morgan fingerprint density at radius 2 is 1.85 bits per heavy atom. The molecular weight excluding hydrogens is 326 g/mol. The van der Waals surface area contributed by atoms with Gasteiger partial charge in [-0.05, 0) is 41.4 Å². The molecule has 20 heavy (non-hydrogen) atoms. The summed E-state index contributed by atoms with van der Waals surface area (Å²) in [6.07, 6.45) is 0.556. The molecule has 1 unspecified atom stereocenters. The number of carbonyl (C=O) groups is 1. The lowest BCUT2D eigenvalue weighted by atomic mass is 10.0. The van der Waals surface area contributed by atoms with Gasteiger partial charge >= 0.3 is 0 Å². The highest BCUT2D eigenvalue weighted by Gasteiger charge is 2.20. The second-order valence-corrected chi connectivity index (χ2v) is 5.52. The first-order valence-electron chi connectivity index (χ1n) is 6.26. The van der Waals surface area contributed by atoms with Crippen molar-refractivity contribution in [2.75, 3.05) is 20.8 Å². The van der Waals surface area contributed by atoms with Crippen molar-refractivity contribution in [3.63, 3.8) is 0 Å². The second kappa shape index (κ2) is 6.95. The van der Waals surface area contributed by atoms with Gasteiger partial charge in [-0.15, -0.1) is 0 Å². The Hall–Kier alpha value is -1.27. The van der Waals surface area contributed by atoms with E-state index >= 15 is 0 Å². The topological polar surface area (TPSA) is 67.8 Å². The molecule has 1 rings (SSSR count). The van der Waals surface area contributed by atoms with Crippen molar-refractivity contribution in [2.45, 2.75) is 25.9 Å². The van der Waals surface area contributed by atoms with Gasteiger partial charge in [-0.3, -0.25) is 4.79 Å². The minimum atomic E-state index is -0.917. The number of carbonyl (C=O) groups excluding carboxylic acids is 1. The van der Waals surface area contributed by atoms with Crippen LogP contribution in [0.5, 0.6) is 11.5 Å². The molecule has 1 amide bonds. The van der Waals surface area contributed by atoms with Gasteiger partial charge < -0.3 is 19.9 Å². The lowest BCUT2D eigenvalue weighted by molar-refractivity contribution is 0.0518. The van der Waals surface area contributed by atoms with Crippen LogP contribution in [-0.4, -0.2) is 37.4 Å². The molecule has 6 heteroatoms. The summed E-state index contributed by atoms with van der Waals surface area (Å²) in [4.78, 5) is 12.1. The molecule has 0 radical (unpaired) electrons. The summed E-state index contributed by atoms with van der Waals surface area (Å²) in [6, 6.07) is 3.23. The molecule has 0 aliphatic carbocycles. The fourth-order valence-corrected chi connectivity index (χ4v) is 2.05. The number of benzene rings is 1. The number of aliphatic hydroxyl groups is 1. The molecule has 2 N–H and O–H groups in total. The van der Waals surface area contributed by atoms with Crippen LogP contribution in [0.2, 0.25) is 0 Å². The first kappa shape index (κ1) is 16.8. The molecule has 0 heterocycles. The number of methoxy groups -OCH3 is 2. The summed E-state index contributed by atoms with van der Waals surface area (Å²) in [5, 5.41) is 12.6. The predicted octanol–water partition coefficient (Wildman–Crippen LogP) is 2.36. The van der Waals surface area contributed by atoms with Crippen LogP contribution in [0.15, 0.2) is 16.6 Å². The van der Waals surface area contributed by atoms with Gasteiger partial charge in [0, 0.05) is 12.1 Å². The summed E-state index contributed by atoms with van der Waals surface area (Å²) >= 11 is 3.35. The zero-order chi connectivity index (χ0) is 15.3. The van der Waals surface area contributed by atoms with Crippen LogP contribution in [0.25, 0.3) is 0 Å². The average Bonchev–Trinajstić information content (AvgIpc) is 2.45. The van der Waals surface area contributed by atoms with Crippen molar-refractivity contribution < 1.29 is 19.4 Å². The highest BCUT2D eigenvalue weighted by Crippen LogP contribution is 2.35. The van der Waals surface area contributed by atoms with Crippen LogP contribution in [0.3, 0.4) is 0 Å². The van der Waals surface area contributed by atoms with Crippen molar-refractivity contribution in [1.82, 2.24) is 5.32 Å². The normalized spacial score (nSPS) is 13.5. The molecular formula is C14H20BrNO4. The first-order valence-corrected chi connectivity index (χ1v) is 7.06. The zero-order valence-corrected chi connectivity index (χ0v) is 13.7. The van der Waals surface area contributed by atoms with Crippen LogP contribution in [0.4, 0.5) is 0 Å². The summed E-state index contributed by atoms with van der Waals surface area (Å²) in [5.41, 5.74) is -0.507. The van der Waals surface area contributed by atoms with Crippen molar-refractivity contribution in [3.05, 3.63) is 22.2 Å². The van der Waals surface area contributed by atoms with Gasteiger partial charge in [-0.1, -0.05) is 6.92 Å². The monoisotopic (exact) mass is 345 g/mol. The van der Waals surface area contributed by atoms with Crippen molar-refractivity contribution in [2.24, 2.45) is 0 Å². The van der Waals surface area contributed by atoms with Gasteiger partial charge in [0.15, 0.2) is 0 Å². The molecule has 0 fully saturated rings. The van der Waals surface area contributed by atoms with E-state index in [9.17, 15) is 9.90 Å². The minimum absolute atomic E-state index is 0.184. The number of rotatable bonds is 6. The average molecular weight is 346 g/mol. The second-order valence-electron chi connectivity index (χ2n) is 4.73. The fourth-order valence-electron chi connectivity index (χ4n) is 1.50. The minimum Gasteiger partial charge on any atom is -0.495 e. The molecule has 112 valence electrons. The Balaban J connectivity index is 2.93. The van der Waals surface area contributed by atoms with Gasteiger partial charge in [-0.25, -0.2) is 0 Å². The van der Waals surface area contributed by atoms with Gasteiger partial charge in [0.25, 0.3) is 5.91 Å². The van der Waals surface area contributed by atoms with Crippen LogP contribution in [0.1, 0.15) is 30.6 Å². The maximum atomic E-state index is 12.1. The molecule has 0 aliphatic heterocycles. The van der Waals surface area contributed by atoms with Gasteiger partial charge in [0.1, 0.15) is 16.0 Å². The van der Waals surface area contributed by atoms with Crippen LogP contribution < -0.4 is 14.8 Å². The summed E-state index contributed by atoms with van der Waals surface area (Å²) in [7, 11) is 3.03. The molecule has 0 aromatic heterocycles. The highest BCUT2D eigenvalue weighted by molar-refractivity contribution is 9.10. The SMILES string of the molecule is CCC(C)(O)CNC(=O)c1cc(OC)c(Br)c(OC)c1. The van der Waals surface area contributed by atoms with Crippen molar-refractivity contribution in [3.8, 4) is 11.5 Å². The highest BCUT2D eigenvalue weighted by atomic mass is 79.9. The van der Waals surface area contributed by atoms with E-state index in [1.165, 1.54) is 14.2 Å². The molecule has 0 saturated carbocycles. The maximum absolute atomic E-state index is 12.1. The smallest absolute Gasteiger partial charge is 0.251 e. The van der Waals surface area contributed by atoms with E-state index in [1.807, 2.05) is 6.92 Å². The standard InChI is InChI=1S/C14H20BrNO4/c1-5-14(2,18)8-16-13(17)9-6-10(19-3)12(15)11(7-9)20-4/h6-7,18H,5,8H2,1-4H3,(H,16,17). The van der Waals surface area contributed by atoms with Gasteiger partial charge in [0.2, 0.25) is 0 Å². The van der Waals surface area contributed by atoms with E-state index < -0.39 is 5.60 Å². The third-order valence-corrected chi connectivity index (χ3v) is 3.88. The van der Waals surface area contributed by atoms with Crippen molar-refractivity contribution in [1.29, 1.82) is 0 Å². The van der Waals surface area contributed by atoms with E-state index in [0.717, 1.165) is 0 Å². The summed E-state index contributed by atoms with van der Waals surface area (Å²) < 4.78 is 11.0. The van der Waals surface area contributed by atoms with Crippen LogP contribution in [-0.2, 0) is 0 Å². The lowest BCUT2D eigenvalue weighted by Crippen LogP contribution is -2.40. The largest absolute Gasteiger partial charge is 0.495 e. The van der Waals surface area contributed by atoms with E-state index in [1.54, 1.807) is 19.1 Å². The molecule has 0 bridgehead atoms. The molecule has 1 aromatic rings. The van der Waals surface area contributed by atoms with Gasteiger partial charge in [0.05, 0.1) is 19.8 Å². The fraction of sp³-hybridized carbons (Fsp3) is 0.500. The van der Waals surface area contributed by atoms with Crippen LogP contribution >= 0.6 is 15.9 Å². The maximum Gasteiger partial charge on any atom is 0.251 e. The van der Waals surface area contributed by atoms with E-state index in [2.05, 4.69) is 21.2 Å². The Labute approximate surface area is 127 Å². The Kier molecular flexibility index (Phi) is 5.83. The van der Waals surface area contributed by atoms with Crippen LogP contribution in [0, 0.1) is 0 Å². The number of amides is 1. The number of nitrogens with one attached hydrogen (secondary N) is 1. The third-order valence-electron chi connectivity index (χ3n) is 3.10. The first-order chi connectivity index (χ1) is 9.34. The zero-order valence-electron chi connectivity index (χ0n) is 12.1. The van der Waals surface area contributed by atoms with E-state index in [4.69, 9.17) is 9.47 Å². The number of hydrogen-bond donors (Lipinski definition) is 2. The Morgan fingerprint density at radius 3 is 2.25 bits per heavy atom. The van der Waals surface area contributed by atoms with Gasteiger partial charge in [-0.2, -0.15) is 0 Å². The summed E-state index contributed by atoms with van der Waals surface area (Å²) in [6.45, 7) is 3.72. The van der Waals surface area contributed by atoms with E-state index in [0.29, 0.717) is 28.0 Å². The molecule has 5 nitrogen and oxygen atoms in total. The summed E-state index contributed by atoms with van der Waals surface area (Å²) in [5.74, 6) is 0.733. The molecule has 0 saturated heterocycles. The number of ether oxygens (including phenoxy) is 2. The Bertz CT molecular complexity index is 463. The molecule has 0 spiro atoms. The van der Waals surface area contributed by atoms with E-state index in [-0.39, 0.29) is 12.5 Å².